The molecule has 0 atom stereocenters. The average Bonchev–Trinajstić information content (AvgIpc) is 2.43. The zero-order valence-corrected chi connectivity index (χ0v) is 14.7. The third-order valence-corrected chi connectivity index (χ3v) is 4.80. The third kappa shape index (κ3) is 5.67. The van der Waals surface area contributed by atoms with Gasteiger partial charge in [-0.3, -0.25) is 4.90 Å². The van der Waals surface area contributed by atoms with Gasteiger partial charge in [-0.2, -0.15) is 0 Å². The van der Waals surface area contributed by atoms with Crippen LogP contribution in [0.25, 0.3) is 0 Å². The first-order valence-corrected chi connectivity index (χ1v) is 8.57. The Morgan fingerprint density at radius 2 is 2.11 bits per heavy atom. The molecule has 1 aliphatic heterocycles. The number of rotatable bonds is 6. The molecule has 2 rings (SSSR count). The number of nitrogens with one attached hydrogen (secondary N) is 1. The lowest BCUT2D eigenvalue weighted by atomic mass is 10.2. The first kappa shape index (κ1) is 15.7. The summed E-state index contributed by atoms with van der Waals surface area (Å²) in [6.45, 7) is 7.15. The van der Waals surface area contributed by atoms with Crippen LogP contribution in [0.1, 0.15) is 12.0 Å². The summed E-state index contributed by atoms with van der Waals surface area (Å²) in [5.41, 5.74) is 1.36. The Labute approximate surface area is 137 Å². The fourth-order valence-corrected chi connectivity index (χ4v) is 3.09. The van der Waals surface area contributed by atoms with Crippen molar-refractivity contribution in [3.63, 3.8) is 0 Å². The van der Waals surface area contributed by atoms with Crippen molar-refractivity contribution in [3.05, 3.63) is 31.8 Å². The van der Waals surface area contributed by atoms with Gasteiger partial charge in [0.05, 0.1) is 13.2 Å². The molecule has 5 heteroatoms. The van der Waals surface area contributed by atoms with Crippen LogP contribution in [0.5, 0.6) is 0 Å². The minimum absolute atomic E-state index is 0.893. The second-order valence-corrected chi connectivity index (χ2v) is 6.80. The predicted molar refractivity (Wildman–Crippen MR) is 90.4 cm³/mol. The minimum atomic E-state index is 0.893. The molecule has 1 saturated heterocycles. The van der Waals surface area contributed by atoms with Gasteiger partial charge in [0.15, 0.2) is 0 Å². The highest BCUT2D eigenvalue weighted by Crippen LogP contribution is 2.18. The number of hydrogen-bond donors (Lipinski definition) is 1. The van der Waals surface area contributed by atoms with Crippen molar-refractivity contribution in [1.82, 2.24) is 10.2 Å². The Morgan fingerprint density at radius 3 is 2.89 bits per heavy atom. The number of nitrogens with zero attached hydrogens (tertiary/aromatic N) is 1. The molecule has 0 aromatic heterocycles. The summed E-state index contributed by atoms with van der Waals surface area (Å²) in [5, 5.41) is 3.53. The van der Waals surface area contributed by atoms with E-state index in [0.717, 1.165) is 43.9 Å². The Bertz CT molecular complexity index is 397. The smallest absolute Gasteiger partial charge is 0.0594 e. The van der Waals surface area contributed by atoms with Gasteiger partial charge >= 0.3 is 0 Å². The Balaban J connectivity index is 1.62. The van der Waals surface area contributed by atoms with Gasteiger partial charge in [-0.25, -0.2) is 0 Å². The SMILES string of the molecule is Brc1ccc(I)c(CNCCCN2CCOCC2)c1. The summed E-state index contributed by atoms with van der Waals surface area (Å²) in [6, 6.07) is 6.43. The molecule has 1 heterocycles. The fraction of sp³-hybridized carbons (Fsp3) is 0.571. The van der Waals surface area contributed by atoms with Gasteiger partial charge in [0, 0.05) is 27.7 Å². The molecular weight excluding hydrogens is 419 g/mol. The Morgan fingerprint density at radius 1 is 1.32 bits per heavy atom. The van der Waals surface area contributed by atoms with E-state index in [1.165, 1.54) is 22.1 Å². The minimum Gasteiger partial charge on any atom is -0.379 e. The summed E-state index contributed by atoms with van der Waals surface area (Å²) in [7, 11) is 0. The molecule has 1 fully saturated rings. The van der Waals surface area contributed by atoms with E-state index in [9.17, 15) is 0 Å². The second-order valence-electron chi connectivity index (χ2n) is 4.72. The molecule has 19 heavy (non-hydrogen) atoms. The average molecular weight is 439 g/mol. The summed E-state index contributed by atoms with van der Waals surface area (Å²) < 4.78 is 7.82. The fourth-order valence-electron chi connectivity index (χ4n) is 2.15. The molecule has 1 aliphatic rings. The summed E-state index contributed by atoms with van der Waals surface area (Å²) in [4.78, 5) is 2.48. The van der Waals surface area contributed by atoms with Crippen LogP contribution in [-0.4, -0.2) is 44.3 Å². The number of morpholine rings is 1. The van der Waals surface area contributed by atoms with Crippen molar-refractivity contribution in [2.75, 3.05) is 39.4 Å². The zero-order valence-electron chi connectivity index (χ0n) is 11.0. The molecule has 0 saturated carbocycles. The van der Waals surface area contributed by atoms with Gasteiger partial charge in [0.1, 0.15) is 0 Å². The molecule has 3 nitrogen and oxygen atoms in total. The molecule has 0 amide bonds. The van der Waals surface area contributed by atoms with Crippen LogP contribution in [-0.2, 0) is 11.3 Å². The first-order chi connectivity index (χ1) is 9.25. The summed E-state index contributed by atoms with van der Waals surface area (Å²) >= 11 is 5.91. The van der Waals surface area contributed by atoms with E-state index >= 15 is 0 Å². The van der Waals surface area contributed by atoms with Gasteiger partial charge in [0.25, 0.3) is 0 Å². The van der Waals surface area contributed by atoms with E-state index < -0.39 is 0 Å². The lowest BCUT2D eigenvalue weighted by Gasteiger charge is -2.26. The highest BCUT2D eigenvalue weighted by Gasteiger charge is 2.09. The lowest BCUT2D eigenvalue weighted by Crippen LogP contribution is -2.37. The largest absolute Gasteiger partial charge is 0.379 e. The second kappa shape index (κ2) is 8.56. The number of ether oxygens (including phenoxy) is 1. The zero-order chi connectivity index (χ0) is 13.5. The summed E-state index contributed by atoms with van der Waals surface area (Å²) in [5.74, 6) is 0. The van der Waals surface area contributed by atoms with Crippen LogP contribution in [0.15, 0.2) is 22.7 Å². The van der Waals surface area contributed by atoms with Gasteiger partial charge in [-0.15, -0.1) is 0 Å². The number of hydrogen-bond acceptors (Lipinski definition) is 3. The molecule has 1 N–H and O–H groups in total. The quantitative estimate of drug-likeness (QED) is 0.546. The maximum Gasteiger partial charge on any atom is 0.0594 e. The van der Waals surface area contributed by atoms with Crippen LogP contribution >= 0.6 is 38.5 Å². The monoisotopic (exact) mass is 438 g/mol. The van der Waals surface area contributed by atoms with Crippen molar-refractivity contribution in [1.29, 1.82) is 0 Å². The summed E-state index contributed by atoms with van der Waals surface area (Å²) in [6.07, 6.45) is 1.20. The van der Waals surface area contributed by atoms with E-state index in [4.69, 9.17) is 4.74 Å². The molecule has 0 bridgehead atoms. The topological polar surface area (TPSA) is 24.5 Å². The number of benzene rings is 1. The van der Waals surface area contributed by atoms with Gasteiger partial charge in [-0.05, 0) is 65.9 Å². The van der Waals surface area contributed by atoms with Crippen molar-refractivity contribution < 1.29 is 4.74 Å². The third-order valence-electron chi connectivity index (χ3n) is 3.25. The Kier molecular flexibility index (Phi) is 7.07. The van der Waals surface area contributed by atoms with Crippen LogP contribution in [0, 0.1) is 3.57 Å². The molecule has 1 aromatic rings. The van der Waals surface area contributed by atoms with Crippen LogP contribution in [0.4, 0.5) is 0 Å². The van der Waals surface area contributed by atoms with E-state index in [0.29, 0.717) is 0 Å². The standard InChI is InChI=1S/C14H20BrIN2O/c15-13-2-3-14(16)12(10-13)11-17-4-1-5-18-6-8-19-9-7-18/h2-3,10,17H,1,4-9,11H2. The van der Waals surface area contributed by atoms with Crippen molar-refractivity contribution in [2.24, 2.45) is 0 Å². The highest BCUT2D eigenvalue weighted by atomic mass is 127. The molecule has 0 unspecified atom stereocenters. The first-order valence-electron chi connectivity index (χ1n) is 6.70. The van der Waals surface area contributed by atoms with Gasteiger partial charge in [-0.1, -0.05) is 15.9 Å². The van der Waals surface area contributed by atoms with Crippen molar-refractivity contribution >= 4 is 38.5 Å². The van der Waals surface area contributed by atoms with E-state index in [1.807, 2.05) is 0 Å². The van der Waals surface area contributed by atoms with Crippen molar-refractivity contribution in [2.45, 2.75) is 13.0 Å². The highest BCUT2D eigenvalue weighted by molar-refractivity contribution is 14.1. The van der Waals surface area contributed by atoms with Gasteiger partial charge in [0.2, 0.25) is 0 Å². The van der Waals surface area contributed by atoms with Crippen LogP contribution in [0.2, 0.25) is 0 Å². The predicted octanol–water partition coefficient (Wildman–Crippen LogP) is 2.87. The maximum atomic E-state index is 5.35. The van der Waals surface area contributed by atoms with Gasteiger partial charge < -0.3 is 10.1 Å². The molecule has 0 aliphatic carbocycles. The maximum absolute atomic E-state index is 5.35. The normalized spacial score (nSPS) is 16.7. The van der Waals surface area contributed by atoms with E-state index in [1.54, 1.807) is 0 Å². The molecule has 1 aromatic carbocycles. The van der Waals surface area contributed by atoms with Crippen LogP contribution < -0.4 is 5.32 Å². The molecule has 0 spiro atoms. The number of halogens is 2. The molecule has 106 valence electrons. The molecule has 0 radical (unpaired) electrons. The lowest BCUT2D eigenvalue weighted by molar-refractivity contribution is 0.0374. The van der Waals surface area contributed by atoms with Crippen LogP contribution in [0.3, 0.4) is 0 Å². The van der Waals surface area contributed by atoms with E-state index in [-0.39, 0.29) is 0 Å². The molecular formula is C14H20BrIN2O. The Hall–Kier alpha value is 0.310. The van der Waals surface area contributed by atoms with E-state index in [2.05, 4.69) is 66.9 Å². The van der Waals surface area contributed by atoms with Crippen molar-refractivity contribution in [3.8, 4) is 0 Å².